The van der Waals surface area contributed by atoms with Crippen molar-refractivity contribution in [2.75, 3.05) is 11.4 Å². The van der Waals surface area contributed by atoms with Gasteiger partial charge in [-0.05, 0) is 18.1 Å². The number of aromatic nitrogens is 3. The summed E-state index contributed by atoms with van der Waals surface area (Å²) in [5, 5.41) is 4.18. The van der Waals surface area contributed by atoms with Crippen LogP contribution in [-0.2, 0) is 13.0 Å². The summed E-state index contributed by atoms with van der Waals surface area (Å²) in [6.45, 7) is 5.67. The van der Waals surface area contributed by atoms with Crippen molar-refractivity contribution in [3.05, 3.63) is 59.5 Å². The molecule has 128 valence electrons. The van der Waals surface area contributed by atoms with Crippen LogP contribution < -0.4 is 4.90 Å². The molecule has 0 spiro atoms. The third-order valence-corrected chi connectivity index (χ3v) is 4.51. The van der Waals surface area contributed by atoms with Crippen LogP contribution in [0.4, 0.5) is 10.2 Å². The van der Waals surface area contributed by atoms with E-state index in [1.54, 1.807) is 12.4 Å². The predicted molar refractivity (Wildman–Crippen MR) is 92.8 cm³/mol. The lowest BCUT2D eigenvalue weighted by Gasteiger charge is -2.27. The van der Waals surface area contributed by atoms with Gasteiger partial charge in [-0.15, -0.1) is 0 Å². The summed E-state index contributed by atoms with van der Waals surface area (Å²) in [5.41, 5.74) is 3.46. The lowest BCUT2D eigenvalue weighted by Crippen LogP contribution is -2.30. The number of nitrogens with zero attached hydrogens (tertiary/aromatic N) is 4. The van der Waals surface area contributed by atoms with E-state index in [4.69, 9.17) is 4.52 Å². The van der Waals surface area contributed by atoms with Crippen molar-refractivity contribution >= 4 is 5.82 Å². The summed E-state index contributed by atoms with van der Waals surface area (Å²) in [6.07, 6.45) is 2.36. The van der Waals surface area contributed by atoms with Crippen LogP contribution in [0.1, 0.15) is 36.8 Å². The van der Waals surface area contributed by atoms with Crippen LogP contribution in [-0.4, -0.2) is 21.7 Å². The third-order valence-electron chi connectivity index (χ3n) is 4.51. The number of halogens is 1. The topological polar surface area (TPSA) is 55.1 Å². The smallest absolute Gasteiger partial charge is 0.144 e. The highest BCUT2D eigenvalue weighted by atomic mass is 19.1. The fourth-order valence-corrected chi connectivity index (χ4v) is 3.12. The second kappa shape index (κ2) is 6.27. The number of rotatable bonds is 3. The molecule has 1 aliphatic rings. The summed E-state index contributed by atoms with van der Waals surface area (Å²) in [4.78, 5) is 10.9. The maximum atomic E-state index is 13.6. The molecule has 2 aromatic heterocycles. The van der Waals surface area contributed by atoms with Crippen LogP contribution in [0.5, 0.6) is 0 Å². The first-order valence-electron chi connectivity index (χ1n) is 8.42. The molecule has 1 aliphatic heterocycles. The van der Waals surface area contributed by atoms with Crippen molar-refractivity contribution in [1.29, 1.82) is 0 Å². The molecule has 0 radical (unpaired) electrons. The Morgan fingerprint density at radius 2 is 2.08 bits per heavy atom. The molecule has 25 heavy (non-hydrogen) atoms. The Labute approximate surface area is 145 Å². The van der Waals surface area contributed by atoms with Crippen LogP contribution in [0.25, 0.3) is 11.3 Å². The maximum Gasteiger partial charge on any atom is 0.144 e. The monoisotopic (exact) mass is 338 g/mol. The van der Waals surface area contributed by atoms with Crippen LogP contribution in [0, 0.1) is 5.82 Å². The van der Waals surface area contributed by atoms with Crippen molar-refractivity contribution in [2.45, 2.75) is 32.7 Å². The Bertz CT molecular complexity index is 906. The third kappa shape index (κ3) is 2.99. The van der Waals surface area contributed by atoms with E-state index in [1.165, 1.54) is 12.1 Å². The second-order valence-electron chi connectivity index (χ2n) is 6.57. The lowest BCUT2D eigenvalue weighted by molar-refractivity contribution is 0.378. The number of anilines is 1. The summed E-state index contributed by atoms with van der Waals surface area (Å²) in [5.74, 6) is 1.84. The van der Waals surface area contributed by atoms with Gasteiger partial charge < -0.3 is 9.42 Å². The molecule has 0 unspecified atom stereocenters. The van der Waals surface area contributed by atoms with Gasteiger partial charge in [-0.1, -0.05) is 31.1 Å². The Balaban J connectivity index is 1.67. The van der Waals surface area contributed by atoms with Gasteiger partial charge in [0.2, 0.25) is 0 Å². The molecule has 1 aromatic carbocycles. The highest BCUT2D eigenvalue weighted by Gasteiger charge is 2.26. The minimum absolute atomic E-state index is 0.278. The molecular formula is C19H19FN4O. The largest absolute Gasteiger partial charge is 0.360 e. The van der Waals surface area contributed by atoms with Gasteiger partial charge in [0.25, 0.3) is 0 Å². The Kier molecular flexibility index (Phi) is 3.95. The van der Waals surface area contributed by atoms with Gasteiger partial charge in [0, 0.05) is 35.9 Å². The Hall–Kier alpha value is -2.76. The van der Waals surface area contributed by atoms with E-state index in [1.807, 2.05) is 12.1 Å². The quantitative estimate of drug-likeness (QED) is 0.723. The summed E-state index contributed by atoms with van der Waals surface area (Å²) in [6, 6.07) is 8.48. The zero-order chi connectivity index (χ0) is 17.4. The molecule has 0 atom stereocenters. The number of fused-ring (bicyclic) bond motifs is 1. The second-order valence-corrected chi connectivity index (χ2v) is 6.57. The summed E-state index contributed by atoms with van der Waals surface area (Å²) < 4.78 is 19.1. The zero-order valence-corrected chi connectivity index (χ0v) is 14.2. The van der Waals surface area contributed by atoms with Crippen LogP contribution in [0.15, 0.2) is 41.2 Å². The van der Waals surface area contributed by atoms with Gasteiger partial charge in [-0.2, -0.15) is 0 Å². The number of hydrogen-bond donors (Lipinski definition) is 0. The fourth-order valence-electron chi connectivity index (χ4n) is 3.12. The SMILES string of the molecule is CC(C)c1cc(N2CCc3onc(-c4cccc(F)c4)c3C2)ncn1. The molecule has 6 heteroatoms. The van der Waals surface area contributed by atoms with Gasteiger partial charge in [0.15, 0.2) is 0 Å². The molecule has 0 amide bonds. The minimum atomic E-state index is -0.278. The van der Waals surface area contributed by atoms with Crippen molar-refractivity contribution in [3.63, 3.8) is 0 Å². The number of benzene rings is 1. The molecular weight excluding hydrogens is 319 g/mol. The van der Waals surface area contributed by atoms with Gasteiger partial charge in [-0.25, -0.2) is 14.4 Å². The van der Waals surface area contributed by atoms with Gasteiger partial charge in [-0.3, -0.25) is 0 Å². The van der Waals surface area contributed by atoms with Crippen molar-refractivity contribution in [2.24, 2.45) is 0 Å². The molecule has 4 rings (SSSR count). The first kappa shape index (κ1) is 15.7. The zero-order valence-electron chi connectivity index (χ0n) is 14.2. The van der Waals surface area contributed by atoms with E-state index in [-0.39, 0.29) is 5.82 Å². The summed E-state index contributed by atoms with van der Waals surface area (Å²) in [7, 11) is 0. The Morgan fingerprint density at radius 3 is 2.88 bits per heavy atom. The van der Waals surface area contributed by atoms with Crippen LogP contribution in [0.2, 0.25) is 0 Å². The highest BCUT2D eigenvalue weighted by Crippen LogP contribution is 2.32. The first-order chi connectivity index (χ1) is 12.1. The average Bonchev–Trinajstić information content (AvgIpc) is 3.05. The standard InChI is InChI=1S/C19H19FN4O/c1-12(2)16-9-18(22-11-21-16)24-7-6-17-15(10-24)19(23-25-17)13-4-3-5-14(20)8-13/h3-5,8-9,11-12H,6-7,10H2,1-2H3. The van der Waals surface area contributed by atoms with Gasteiger partial charge in [0.1, 0.15) is 29.4 Å². The molecule has 3 heterocycles. The van der Waals surface area contributed by atoms with Crippen LogP contribution >= 0.6 is 0 Å². The van der Waals surface area contributed by atoms with E-state index < -0.39 is 0 Å². The molecule has 5 nitrogen and oxygen atoms in total. The molecule has 3 aromatic rings. The summed E-state index contributed by atoms with van der Waals surface area (Å²) >= 11 is 0. The number of hydrogen-bond acceptors (Lipinski definition) is 5. The van der Waals surface area contributed by atoms with E-state index in [2.05, 4.69) is 33.9 Å². The normalized spacial score (nSPS) is 14.0. The van der Waals surface area contributed by atoms with Crippen molar-refractivity contribution in [1.82, 2.24) is 15.1 Å². The van der Waals surface area contributed by atoms with E-state index in [0.717, 1.165) is 41.4 Å². The van der Waals surface area contributed by atoms with Crippen molar-refractivity contribution in [3.8, 4) is 11.3 Å². The maximum absolute atomic E-state index is 13.6. The molecule has 0 bridgehead atoms. The minimum Gasteiger partial charge on any atom is -0.360 e. The van der Waals surface area contributed by atoms with E-state index >= 15 is 0 Å². The molecule has 0 saturated carbocycles. The first-order valence-corrected chi connectivity index (χ1v) is 8.42. The van der Waals surface area contributed by atoms with Gasteiger partial charge in [0.05, 0.1) is 6.54 Å². The fraction of sp³-hybridized carbons (Fsp3) is 0.316. The predicted octanol–water partition coefficient (Wildman–Crippen LogP) is 3.96. The Morgan fingerprint density at radius 1 is 1.20 bits per heavy atom. The van der Waals surface area contributed by atoms with Gasteiger partial charge >= 0.3 is 0 Å². The van der Waals surface area contributed by atoms with Crippen LogP contribution in [0.3, 0.4) is 0 Å². The highest BCUT2D eigenvalue weighted by molar-refractivity contribution is 5.65. The molecule has 0 aliphatic carbocycles. The molecule has 0 N–H and O–H groups in total. The molecule has 0 fully saturated rings. The van der Waals surface area contributed by atoms with E-state index in [0.29, 0.717) is 18.2 Å². The lowest BCUT2D eigenvalue weighted by atomic mass is 10.0. The average molecular weight is 338 g/mol. The van der Waals surface area contributed by atoms with E-state index in [9.17, 15) is 4.39 Å². The van der Waals surface area contributed by atoms with Crippen molar-refractivity contribution < 1.29 is 8.91 Å². The molecule has 0 saturated heterocycles.